The third kappa shape index (κ3) is 3.50. The average Bonchev–Trinajstić information content (AvgIpc) is 3.10. The number of thiophene rings is 1. The van der Waals surface area contributed by atoms with E-state index in [1.165, 1.54) is 15.3 Å². The highest BCUT2D eigenvalue weighted by Gasteiger charge is 2.22. The van der Waals surface area contributed by atoms with Gasteiger partial charge < -0.3 is 4.98 Å². The molecule has 1 aliphatic rings. The maximum Gasteiger partial charge on any atom is 0.254 e. The summed E-state index contributed by atoms with van der Waals surface area (Å²) in [5.41, 5.74) is 3.12. The van der Waals surface area contributed by atoms with Crippen LogP contribution in [0, 0.1) is 0 Å². The van der Waals surface area contributed by atoms with Gasteiger partial charge in [0.1, 0.15) is 5.82 Å². The Balaban J connectivity index is 1.51. The van der Waals surface area contributed by atoms with E-state index in [-0.39, 0.29) is 11.5 Å². The predicted molar refractivity (Wildman–Crippen MR) is 107 cm³/mol. The summed E-state index contributed by atoms with van der Waals surface area (Å²) in [6.07, 6.45) is 0.771. The summed E-state index contributed by atoms with van der Waals surface area (Å²) in [6, 6.07) is 14.9. The van der Waals surface area contributed by atoms with Crippen molar-refractivity contribution in [1.82, 2.24) is 14.9 Å². The van der Waals surface area contributed by atoms with Gasteiger partial charge in [-0.2, -0.15) is 0 Å². The summed E-state index contributed by atoms with van der Waals surface area (Å²) in [5.74, 6) is 1.02. The number of benzene rings is 1. The van der Waals surface area contributed by atoms with E-state index < -0.39 is 0 Å². The van der Waals surface area contributed by atoms with Gasteiger partial charge in [0.05, 0.1) is 5.69 Å². The quantitative estimate of drug-likeness (QED) is 0.754. The first kappa shape index (κ1) is 17.2. The van der Waals surface area contributed by atoms with Gasteiger partial charge in [0, 0.05) is 40.9 Å². The molecule has 0 spiro atoms. The van der Waals surface area contributed by atoms with Crippen molar-refractivity contribution in [3.05, 3.63) is 74.8 Å². The lowest BCUT2D eigenvalue weighted by Gasteiger charge is -2.27. The Morgan fingerprint density at radius 2 is 2.00 bits per heavy atom. The van der Waals surface area contributed by atoms with Crippen LogP contribution in [-0.4, -0.2) is 21.4 Å². The van der Waals surface area contributed by atoms with E-state index in [2.05, 4.69) is 60.1 Å². The van der Waals surface area contributed by atoms with E-state index >= 15 is 0 Å². The van der Waals surface area contributed by atoms with Gasteiger partial charge in [-0.25, -0.2) is 4.98 Å². The van der Waals surface area contributed by atoms with Gasteiger partial charge in [-0.05, 0) is 24.1 Å². The van der Waals surface area contributed by atoms with Gasteiger partial charge in [0.25, 0.3) is 5.56 Å². The molecule has 0 saturated heterocycles. The smallest absolute Gasteiger partial charge is 0.254 e. The standard InChI is InChI=1S/C21H23N3OS/c1-14(2)20-22-18-13-24(11-10-17(18)21(25)23-20)12-16-8-9-19(26-16)15-6-4-3-5-7-15/h3-9,14H,10-13H2,1-2H3,(H,22,23,25). The molecule has 0 unspecified atom stereocenters. The Morgan fingerprint density at radius 3 is 2.77 bits per heavy atom. The Labute approximate surface area is 157 Å². The van der Waals surface area contributed by atoms with E-state index in [1.807, 2.05) is 17.4 Å². The van der Waals surface area contributed by atoms with Crippen molar-refractivity contribution in [2.24, 2.45) is 0 Å². The highest BCUT2D eigenvalue weighted by molar-refractivity contribution is 7.15. The monoisotopic (exact) mass is 365 g/mol. The minimum absolute atomic E-state index is 0.0424. The molecule has 5 heteroatoms. The molecule has 0 bridgehead atoms. The number of rotatable bonds is 4. The highest BCUT2D eigenvalue weighted by atomic mass is 32.1. The molecule has 4 rings (SSSR count). The SMILES string of the molecule is CC(C)c1nc2c(c(=O)[nH]1)CCN(Cc1ccc(-c3ccccc3)s1)C2. The van der Waals surface area contributed by atoms with Crippen molar-refractivity contribution in [3.8, 4) is 10.4 Å². The summed E-state index contributed by atoms with van der Waals surface area (Å²) in [5, 5.41) is 0. The van der Waals surface area contributed by atoms with Gasteiger partial charge >= 0.3 is 0 Å². The minimum atomic E-state index is 0.0424. The fraction of sp³-hybridized carbons (Fsp3) is 0.333. The van der Waals surface area contributed by atoms with Crippen LogP contribution in [0.15, 0.2) is 47.3 Å². The highest BCUT2D eigenvalue weighted by Crippen LogP contribution is 2.29. The molecule has 0 saturated carbocycles. The molecule has 1 aliphatic heterocycles. The fourth-order valence-electron chi connectivity index (χ4n) is 3.36. The van der Waals surface area contributed by atoms with Gasteiger partial charge in [-0.1, -0.05) is 44.2 Å². The second kappa shape index (κ2) is 7.17. The number of aromatic amines is 1. The number of aromatic nitrogens is 2. The number of H-pyrrole nitrogens is 1. The number of hydrogen-bond acceptors (Lipinski definition) is 4. The molecular formula is C21H23N3OS. The lowest BCUT2D eigenvalue weighted by molar-refractivity contribution is 0.242. The van der Waals surface area contributed by atoms with Crippen LogP contribution in [0.25, 0.3) is 10.4 Å². The third-order valence-corrected chi connectivity index (χ3v) is 5.94. The molecule has 0 fully saturated rings. The maximum atomic E-state index is 12.3. The zero-order valence-electron chi connectivity index (χ0n) is 15.2. The van der Waals surface area contributed by atoms with Crippen LogP contribution in [-0.2, 0) is 19.5 Å². The Hall–Kier alpha value is -2.24. The molecule has 3 heterocycles. The van der Waals surface area contributed by atoms with E-state index in [4.69, 9.17) is 4.98 Å². The van der Waals surface area contributed by atoms with E-state index in [0.717, 1.165) is 43.1 Å². The van der Waals surface area contributed by atoms with E-state index in [9.17, 15) is 4.79 Å². The summed E-state index contributed by atoms with van der Waals surface area (Å²) in [4.78, 5) is 25.0. The largest absolute Gasteiger partial charge is 0.310 e. The Bertz CT molecular complexity index is 959. The van der Waals surface area contributed by atoms with E-state index in [0.29, 0.717) is 0 Å². The average molecular weight is 366 g/mol. The number of fused-ring (bicyclic) bond motifs is 1. The molecule has 1 aromatic carbocycles. The Morgan fingerprint density at radius 1 is 1.19 bits per heavy atom. The van der Waals surface area contributed by atoms with Crippen LogP contribution in [0.3, 0.4) is 0 Å². The van der Waals surface area contributed by atoms with Gasteiger partial charge in [0.15, 0.2) is 0 Å². The summed E-state index contributed by atoms with van der Waals surface area (Å²) in [6.45, 7) is 6.67. The first-order chi connectivity index (χ1) is 12.6. The topological polar surface area (TPSA) is 49.0 Å². The minimum Gasteiger partial charge on any atom is -0.310 e. The molecule has 0 aliphatic carbocycles. The number of nitrogens with zero attached hydrogens (tertiary/aromatic N) is 2. The molecular weight excluding hydrogens is 342 g/mol. The lowest BCUT2D eigenvalue weighted by atomic mass is 10.1. The number of hydrogen-bond donors (Lipinski definition) is 1. The second-order valence-electron chi connectivity index (χ2n) is 7.12. The second-order valence-corrected chi connectivity index (χ2v) is 8.29. The van der Waals surface area contributed by atoms with Crippen molar-refractivity contribution in [1.29, 1.82) is 0 Å². The van der Waals surface area contributed by atoms with Crippen LogP contribution >= 0.6 is 11.3 Å². The van der Waals surface area contributed by atoms with Crippen molar-refractivity contribution in [2.75, 3.05) is 6.54 Å². The van der Waals surface area contributed by atoms with Crippen LogP contribution in [0.5, 0.6) is 0 Å². The maximum absolute atomic E-state index is 12.3. The molecule has 2 aromatic heterocycles. The molecule has 0 radical (unpaired) electrons. The molecule has 3 aromatic rings. The van der Waals surface area contributed by atoms with Crippen LogP contribution in [0.1, 0.15) is 41.7 Å². The molecule has 26 heavy (non-hydrogen) atoms. The molecule has 1 N–H and O–H groups in total. The van der Waals surface area contributed by atoms with Crippen molar-refractivity contribution in [2.45, 2.75) is 39.3 Å². The summed E-state index contributed by atoms with van der Waals surface area (Å²) >= 11 is 1.84. The van der Waals surface area contributed by atoms with Gasteiger partial charge in [-0.15, -0.1) is 11.3 Å². The first-order valence-electron chi connectivity index (χ1n) is 9.08. The fourth-order valence-corrected chi connectivity index (χ4v) is 4.42. The molecule has 0 amide bonds. The van der Waals surface area contributed by atoms with Crippen molar-refractivity contribution in [3.63, 3.8) is 0 Å². The molecule has 134 valence electrons. The zero-order valence-corrected chi connectivity index (χ0v) is 16.0. The van der Waals surface area contributed by atoms with Gasteiger partial charge in [-0.3, -0.25) is 9.69 Å². The van der Waals surface area contributed by atoms with Crippen LogP contribution in [0.2, 0.25) is 0 Å². The van der Waals surface area contributed by atoms with Crippen molar-refractivity contribution < 1.29 is 0 Å². The van der Waals surface area contributed by atoms with Crippen LogP contribution < -0.4 is 5.56 Å². The van der Waals surface area contributed by atoms with Crippen LogP contribution in [0.4, 0.5) is 0 Å². The predicted octanol–water partition coefficient (Wildman–Crippen LogP) is 4.18. The number of nitrogens with one attached hydrogen (secondary N) is 1. The third-order valence-electron chi connectivity index (χ3n) is 4.82. The normalized spacial score (nSPS) is 14.6. The van der Waals surface area contributed by atoms with Crippen molar-refractivity contribution >= 4 is 11.3 Å². The van der Waals surface area contributed by atoms with Gasteiger partial charge in [0.2, 0.25) is 0 Å². The first-order valence-corrected chi connectivity index (χ1v) is 9.90. The molecule has 4 nitrogen and oxygen atoms in total. The van der Waals surface area contributed by atoms with E-state index in [1.54, 1.807) is 0 Å². The zero-order chi connectivity index (χ0) is 18.1. The lowest BCUT2D eigenvalue weighted by Crippen LogP contribution is -2.35. The summed E-state index contributed by atoms with van der Waals surface area (Å²) < 4.78 is 0. The summed E-state index contributed by atoms with van der Waals surface area (Å²) in [7, 11) is 0. The molecule has 0 atom stereocenters. The Kier molecular flexibility index (Phi) is 4.74.